The van der Waals surface area contributed by atoms with Crippen LogP contribution in [0.5, 0.6) is 0 Å². The van der Waals surface area contributed by atoms with Crippen LogP contribution < -0.4 is 5.32 Å². The average Bonchev–Trinajstić information content (AvgIpc) is 3.21. The zero-order valence-electron chi connectivity index (χ0n) is 14.5. The minimum atomic E-state index is -0.0298. The molecule has 8 heteroatoms. The molecule has 134 valence electrons. The first kappa shape index (κ1) is 16.6. The molecule has 0 aromatic carbocycles. The predicted molar refractivity (Wildman–Crippen MR) is 95.1 cm³/mol. The lowest BCUT2D eigenvalue weighted by Gasteiger charge is -2.22. The van der Waals surface area contributed by atoms with E-state index in [4.69, 9.17) is 4.52 Å². The second kappa shape index (κ2) is 7.19. The van der Waals surface area contributed by atoms with Crippen molar-refractivity contribution in [3.05, 3.63) is 17.1 Å². The van der Waals surface area contributed by atoms with Gasteiger partial charge in [0, 0.05) is 30.1 Å². The third-order valence-electron chi connectivity index (χ3n) is 4.96. The van der Waals surface area contributed by atoms with Crippen LogP contribution in [0.4, 0.5) is 0 Å². The zero-order chi connectivity index (χ0) is 17.2. The van der Waals surface area contributed by atoms with E-state index in [1.165, 1.54) is 30.5 Å². The number of amides is 1. The molecular formula is C17H23N5O2S. The number of nitrogens with one attached hydrogen (secondary N) is 1. The molecule has 0 radical (unpaired) electrons. The van der Waals surface area contributed by atoms with Gasteiger partial charge in [-0.25, -0.2) is 0 Å². The van der Waals surface area contributed by atoms with Crippen LogP contribution in [0.15, 0.2) is 4.52 Å². The first-order valence-electron chi connectivity index (χ1n) is 8.95. The summed E-state index contributed by atoms with van der Waals surface area (Å²) in [6, 6.07) is 0.299. The second-order valence-corrected chi connectivity index (χ2v) is 7.90. The van der Waals surface area contributed by atoms with Crippen molar-refractivity contribution in [3.8, 4) is 11.6 Å². The highest BCUT2D eigenvalue weighted by atomic mass is 32.2. The van der Waals surface area contributed by atoms with Crippen LogP contribution >= 0.6 is 11.8 Å². The molecule has 0 spiro atoms. The number of hydrogen-bond acceptors (Lipinski definition) is 6. The molecule has 0 saturated heterocycles. The molecule has 2 aromatic heterocycles. The van der Waals surface area contributed by atoms with E-state index in [1.807, 2.05) is 23.5 Å². The summed E-state index contributed by atoms with van der Waals surface area (Å²) in [7, 11) is 1.95. The molecule has 0 atom stereocenters. The summed E-state index contributed by atoms with van der Waals surface area (Å²) in [4.78, 5) is 16.6. The summed E-state index contributed by atoms with van der Waals surface area (Å²) in [6.07, 6.45) is 6.97. The quantitative estimate of drug-likeness (QED) is 0.899. The molecular weight excluding hydrogens is 338 g/mol. The van der Waals surface area contributed by atoms with Gasteiger partial charge in [-0.3, -0.25) is 9.48 Å². The predicted octanol–water partition coefficient (Wildman–Crippen LogP) is 2.25. The van der Waals surface area contributed by atoms with Crippen molar-refractivity contribution in [2.75, 3.05) is 5.75 Å². The Morgan fingerprint density at radius 1 is 1.36 bits per heavy atom. The Morgan fingerprint density at radius 2 is 2.20 bits per heavy atom. The van der Waals surface area contributed by atoms with Gasteiger partial charge in [0.2, 0.25) is 5.91 Å². The molecule has 1 aliphatic carbocycles. The topological polar surface area (TPSA) is 85.8 Å². The fourth-order valence-electron chi connectivity index (χ4n) is 3.67. The highest BCUT2D eigenvalue weighted by molar-refractivity contribution is 7.98. The van der Waals surface area contributed by atoms with E-state index in [1.54, 1.807) is 0 Å². The van der Waals surface area contributed by atoms with E-state index >= 15 is 0 Å². The molecule has 7 nitrogen and oxygen atoms in total. The van der Waals surface area contributed by atoms with Crippen LogP contribution in [-0.4, -0.2) is 37.6 Å². The standard InChI is InChI=1S/C17H23N5O2S/c1-22-13-7-8-25-10-12(13)16(20-22)17-19-14(21-24-17)9-15(23)18-11-5-3-2-4-6-11/h11H,2-10H2,1H3,(H,18,23). The Hall–Kier alpha value is -1.83. The van der Waals surface area contributed by atoms with Gasteiger partial charge in [-0.2, -0.15) is 21.8 Å². The third kappa shape index (κ3) is 3.58. The summed E-state index contributed by atoms with van der Waals surface area (Å²) in [5, 5.41) is 11.6. The van der Waals surface area contributed by atoms with E-state index < -0.39 is 0 Å². The molecule has 1 amide bonds. The van der Waals surface area contributed by atoms with Gasteiger partial charge in [-0.1, -0.05) is 24.4 Å². The number of carbonyl (C=O) groups excluding carboxylic acids is 1. The van der Waals surface area contributed by atoms with Crippen LogP contribution in [0.25, 0.3) is 11.6 Å². The van der Waals surface area contributed by atoms with E-state index in [9.17, 15) is 4.79 Å². The molecule has 25 heavy (non-hydrogen) atoms. The van der Waals surface area contributed by atoms with Crippen molar-refractivity contribution in [1.29, 1.82) is 0 Å². The van der Waals surface area contributed by atoms with Crippen molar-refractivity contribution in [1.82, 2.24) is 25.2 Å². The molecule has 0 unspecified atom stereocenters. The number of carbonyl (C=O) groups is 1. The van der Waals surface area contributed by atoms with Crippen LogP contribution in [0, 0.1) is 0 Å². The molecule has 1 fully saturated rings. The summed E-state index contributed by atoms with van der Waals surface area (Å²) in [5.41, 5.74) is 3.18. The molecule has 0 bridgehead atoms. The number of rotatable bonds is 4. The molecule has 1 N–H and O–H groups in total. The summed E-state index contributed by atoms with van der Waals surface area (Å²) in [5.74, 6) is 2.84. The van der Waals surface area contributed by atoms with Crippen molar-refractivity contribution in [2.24, 2.45) is 7.05 Å². The third-order valence-corrected chi connectivity index (χ3v) is 5.95. The van der Waals surface area contributed by atoms with E-state index in [0.717, 1.165) is 36.5 Å². The van der Waals surface area contributed by atoms with Crippen molar-refractivity contribution in [2.45, 2.75) is 56.7 Å². The number of fused-ring (bicyclic) bond motifs is 1. The van der Waals surface area contributed by atoms with Gasteiger partial charge in [0.15, 0.2) is 11.5 Å². The first-order chi connectivity index (χ1) is 12.2. The maximum Gasteiger partial charge on any atom is 0.278 e. The molecule has 1 aliphatic heterocycles. The summed E-state index contributed by atoms with van der Waals surface area (Å²) in [6.45, 7) is 0. The lowest BCUT2D eigenvalue weighted by atomic mass is 9.95. The maximum absolute atomic E-state index is 12.2. The number of hydrogen-bond donors (Lipinski definition) is 1. The SMILES string of the molecule is Cn1nc(-c2nc(CC(=O)NC3CCCCC3)no2)c2c1CCSC2. The Kier molecular flexibility index (Phi) is 4.78. The minimum Gasteiger partial charge on any atom is -0.353 e. The van der Waals surface area contributed by atoms with Gasteiger partial charge in [0.1, 0.15) is 0 Å². The van der Waals surface area contributed by atoms with Gasteiger partial charge >= 0.3 is 0 Å². The molecule has 1 saturated carbocycles. The minimum absolute atomic E-state index is 0.0298. The van der Waals surface area contributed by atoms with Crippen molar-refractivity contribution >= 4 is 17.7 Å². The normalized spacial score (nSPS) is 18.1. The van der Waals surface area contributed by atoms with Crippen molar-refractivity contribution < 1.29 is 9.32 Å². The number of aryl methyl sites for hydroxylation is 1. The van der Waals surface area contributed by atoms with Gasteiger partial charge in [0.05, 0.1) is 6.42 Å². The summed E-state index contributed by atoms with van der Waals surface area (Å²) >= 11 is 1.89. The lowest BCUT2D eigenvalue weighted by Crippen LogP contribution is -2.37. The Morgan fingerprint density at radius 3 is 3.04 bits per heavy atom. The second-order valence-electron chi connectivity index (χ2n) is 6.80. The number of nitrogens with zero attached hydrogens (tertiary/aromatic N) is 4. The highest BCUT2D eigenvalue weighted by Gasteiger charge is 2.25. The number of aromatic nitrogens is 4. The highest BCUT2D eigenvalue weighted by Crippen LogP contribution is 2.32. The Labute approximate surface area is 150 Å². The van der Waals surface area contributed by atoms with E-state index in [-0.39, 0.29) is 12.3 Å². The van der Waals surface area contributed by atoms with Crippen LogP contribution in [0.1, 0.15) is 49.2 Å². The first-order valence-corrected chi connectivity index (χ1v) is 10.1. The molecule has 3 heterocycles. The fourth-order valence-corrected chi connectivity index (χ4v) is 4.66. The van der Waals surface area contributed by atoms with Gasteiger partial charge in [-0.05, 0) is 25.0 Å². The smallest absolute Gasteiger partial charge is 0.278 e. The monoisotopic (exact) mass is 361 g/mol. The molecule has 2 aromatic rings. The lowest BCUT2D eigenvalue weighted by molar-refractivity contribution is -0.121. The molecule has 2 aliphatic rings. The maximum atomic E-state index is 12.2. The van der Waals surface area contributed by atoms with Gasteiger partial charge < -0.3 is 9.84 Å². The van der Waals surface area contributed by atoms with Crippen LogP contribution in [-0.2, 0) is 30.4 Å². The Balaban J connectivity index is 1.44. The number of thioether (sulfide) groups is 1. The summed E-state index contributed by atoms with van der Waals surface area (Å²) < 4.78 is 7.30. The van der Waals surface area contributed by atoms with E-state index in [0.29, 0.717) is 17.8 Å². The largest absolute Gasteiger partial charge is 0.353 e. The van der Waals surface area contributed by atoms with Crippen LogP contribution in [0.2, 0.25) is 0 Å². The Bertz CT molecular complexity index is 763. The van der Waals surface area contributed by atoms with Gasteiger partial charge in [0.25, 0.3) is 5.89 Å². The van der Waals surface area contributed by atoms with Crippen LogP contribution in [0.3, 0.4) is 0 Å². The fraction of sp³-hybridized carbons (Fsp3) is 0.647. The average molecular weight is 361 g/mol. The van der Waals surface area contributed by atoms with Crippen molar-refractivity contribution in [3.63, 3.8) is 0 Å². The van der Waals surface area contributed by atoms with E-state index in [2.05, 4.69) is 20.6 Å². The molecule has 4 rings (SSSR count). The zero-order valence-corrected chi connectivity index (χ0v) is 15.3. The van der Waals surface area contributed by atoms with Gasteiger partial charge in [-0.15, -0.1) is 0 Å².